The van der Waals surface area contributed by atoms with Crippen LogP contribution in [0.4, 0.5) is 0 Å². The monoisotopic (exact) mass is 185 g/mol. The van der Waals surface area contributed by atoms with Crippen LogP contribution in [0.3, 0.4) is 0 Å². The first-order chi connectivity index (χ1) is 6.12. The van der Waals surface area contributed by atoms with E-state index in [2.05, 4.69) is 12.2 Å². The summed E-state index contributed by atoms with van der Waals surface area (Å²) in [5.74, 6) is -0.764. The summed E-state index contributed by atoms with van der Waals surface area (Å²) in [5.41, 5.74) is 0.341. The summed E-state index contributed by atoms with van der Waals surface area (Å²) in [6.07, 6.45) is 6.41. The van der Waals surface area contributed by atoms with Crippen molar-refractivity contribution in [3.63, 3.8) is 0 Å². The lowest BCUT2D eigenvalue weighted by Gasteiger charge is -2.33. The van der Waals surface area contributed by atoms with E-state index in [-0.39, 0.29) is 6.54 Å². The zero-order valence-electron chi connectivity index (χ0n) is 8.31. The Morgan fingerprint density at radius 3 is 2.54 bits per heavy atom. The quantitative estimate of drug-likeness (QED) is 0.700. The Labute approximate surface area is 79.5 Å². The van der Waals surface area contributed by atoms with Gasteiger partial charge >= 0.3 is 5.97 Å². The van der Waals surface area contributed by atoms with Crippen LogP contribution >= 0.6 is 0 Å². The number of aliphatic carboxylic acids is 1. The summed E-state index contributed by atoms with van der Waals surface area (Å²) in [6.45, 7) is 3.19. The predicted octanol–water partition coefficient (Wildman–Crippen LogP) is 1.63. The summed E-state index contributed by atoms with van der Waals surface area (Å²) >= 11 is 0. The molecule has 1 aliphatic rings. The van der Waals surface area contributed by atoms with Crippen LogP contribution < -0.4 is 5.32 Å². The largest absolute Gasteiger partial charge is 0.480 e. The molecule has 0 heterocycles. The summed E-state index contributed by atoms with van der Waals surface area (Å²) in [7, 11) is 0. The number of hydrogen-bond donors (Lipinski definition) is 2. The van der Waals surface area contributed by atoms with E-state index < -0.39 is 5.97 Å². The van der Waals surface area contributed by atoms with Gasteiger partial charge in [0, 0.05) is 6.54 Å². The number of carboxylic acid groups (broad SMARTS) is 1. The van der Waals surface area contributed by atoms with E-state index >= 15 is 0 Å². The van der Waals surface area contributed by atoms with Gasteiger partial charge < -0.3 is 10.4 Å². The maximum Gasteiger partial charge on any atom is 0.317 e. The van der Waals surface area contributed by atoms with Crippen molar-refractivity contribution in [1.82, 2.24) is 5.32 Å². The van der Waals surface area contributed by atoms with Crippen LogP contribution in [0.15, 0.2) is 0 Å². The standard InChI is InChI=1S/C10H19NO2/c1-10(5-3-2-4-6-10)8-11-7-9(12)13/h11H,2-8H2,1H3,(H,12,13). The van der Waals surface area contributed by atoms with Gasteiger partial charge in [-0.1, -0.05) is 26.2 Å². The first kappa shape index (κ1) is 10.5. The molecule has 0 unspecified atom stereocenters. The third-order valence-corrected chi connectivity index (χ3v) is 2.89. The minimum atomic E-state index is -0.764. The fraction of sp³-hybridized carbons (Fsp3) is 0.900. The zero-order valence-corrected chi connectivity index (χ0v) is 8.31. The van der Waals surface area contributed by atoms with E-state index in [1.807, 2.05) is 0 Å². The van der Waals surface area contributed by atoms with E-state index in [0.717, 1.165) is 6.54 Å². The fourth-order valence-electron chi connectivity index (χ4n) is 2.05. The summed E-state index contributed by atoms with van der Waals surface area (Å²) in [6, 6.07) is 0. The van der Waals surface area contributed by atoms with Gasteiger partial charge in [-0.15, -0.1) is 0 Å². The molecular weight excluding hydrogens is 166 g/mol. The van der Waals surface area contributed by atoms with Crippen molar-refractivity contribution in [2.75, 3.05) is 13.1 Å². The van der Waals surface area contributed by atoms with Gasteiger partial charge in [0.1, 0.15) is 0 Å². The van der Waals surface area contributed by atoms with Gasteiger partial charge in [-0.25, -0.2) is 0 Å². The van der Waals surface area contributed by atoms with Crippen LogP contribution in [-0.4, -0.2) is 24.2 Å². The van der Waals surface area contributed by atoms with E-state index in [4.69, 9.17) is 5.11 Å². The first-order valence-corrected chi connectivity index (χ1v) is 5.05. The van der Waals surface area contributed by atoms with E-state index in [1.54, 1.807) is 0 Å². The molecule has 1 aliphatic carbocycles. The Bertz CT molecular complexity index is 174. The lowest BCUT2D eigenvalue weighted by molar-refractivity contribution is -0.136. The molecule has 1 saturated carbocycles. The zero-order chi connectivity index (χ0) is 9.73. The van der Waals surface area contributed by atoms with Crippen molar-refractivity contribution in [3.05, 3.63) is 0 Å². The molecule has 13 heavy (non-hydrogen) atoms. The van der Waals surface area contributed by atoms with Gasteiger partial charge in [0.25, 0.3) is 0 Å². The topological polar surface area (TPSA) is 49.3 Å². The number of hydrogen-bond acceptors (Lipinski definition) is 2. The maximum atomic E-state index is 10.3. The van der Waals surface area contributed by atoms with Crippen LogP contribution in [-0.2, 0) is 4.79 Å². The third kappa shape index (κ3) is 3.77. The molecule has 0 spiro atoms. The Hall–Kier alpha value is -0.570. The van der Waals surface area contributed by atoms with Gasteiger partial charge in [-0.3, -0.25) is 4.79 Å². The Balaban J connectivity index is 2.21. The molecule has 76 valence electrons. The molecule has 2 N–H and O–H groups in total. The van der Waals surface area contributed by atoms with Gasteiger partial charge in [0.15, 0.2) is 0 Å². The van der Waals surface area contributed by atoms with Crippen molar-refractivity contribution >= 4 is 5.97 Å². The second-order valence-electron chi connectivity index (χ2n) is 4.37. The van der Waals surface area contributed by atoms with Crippen LogP contribution in [0.1, 0.15) is 39.0 Å². The second-order valence-corrected chi connectivity index (χ2v) is 4.37. The number of rotatable bonds is 4. The smallest absolute Gasteiger partial charge is 0.317 e. The Morgan fingerprint density at radius 1 is 1.38 bits per heavy atom. The molecule has 0 radical (unpaired) electrons. The van der Waals surface area contributed by atoms with Gasteiger partial charge in [-0.2, -0.15) is 0 Å². The Kier molecular flexibility index (Phi) is 3.72. The van der Waals surface area contributed by atoms with Gasteiger partial charge in [0.05, 0.1) is 6.54 Å². The summed E-state index contributed by atoms with van der Waals surface area (Å²) in [5, 5.41) is 11.5. The highest BCUT2D eigenvalue weighted by Gasteiger charge is 2.26. The van der Waals surface area contributed by atoms with Crippen LogP contribution in [0.5, 0.6) is 0 Å². The molecule has 0 aromatic carbocycles. The molecule has 0 aromatic rings. The minimum absolute atomic E-state index is 0.0928. The van der Waals surface area contributed by atoms with E-state index in [9.17, 15) is 4.79 Å². The highest BCUT2D eigenvalue weighted by molar-refractivity contribution is 5.68. The van der Waals surface area contributed by atoms with Crippen LogP contribution in [0, 0.1) is 5.41 Å². The lowest BCUT2D eigenvalue weighted by Crippen LogP contribution is -2.36. The molecule has 0 bridgehead atoms. The van der Waals surface area contributed by atoms with Crippen molar-refractivity contribution in [2.24, 2.45) is 5.41 Å². The highest BCUT2D eigenvalue weighted by atomic mass is 16.4. The molecule has 3 nitrogen and oxygen atoms in total. The maximum absolute atomic E-state index is 10.3. The van der Waals surface area contributed by atoms with Gasteiger partial charge in [0.2, 0.25) is 0 Å². The van der Waals surface area contributed by atoms with Crippen molar-refractivity contribution in [1.29, 1.82) is 0 Å². The van der Waals surface area contributed by atoms with Crippen molar-refractivity contribution in [2.45, 2.75) is 39.0 Å². The van der Waals surface area contributed by atoms with Crippen LogP contribution in [0.2, 0.25) is 0 Å². The molecule has 0 saturated heterocycles. The molecule has 0 amide bonds. The Morgan fingerprint density at radius 2 is 2.00 bits per heavy atom. The molecule has 0 aromatic heterocycles. The molecule has 1 rings (SSSR count). The molecule has 1 fully saturated rings. The normalized spacial score (nSPS) is 21.3. The number of carboxylic acids is 1. The molecule has 0 aliphatic heterocycles. The number of carbonyl (C=O) groups is 1. The minimum Gasteiger partial charge on any atom is -0.480 e. The van der Waals surface area contributed by atoms with E-state index in [1.165, 1.54) is 32.1 Å². The lowest BCUT2D eigenvalue weighted by atomic mass is 9.76. The van der Waals surface area contributed by atoms with Crippen molar-refractivity contribution < 1.29 is 9.90 Å². The van der Waals surface area contributed by atoms with E-state index in [0.29, 0.717) is 5.41 Å². The fourth-order valence-corrected chi connectivity index (χ4v) is 2.05. The number of nitrogens with one attached hydrogen (secondary N) is 1. The third-order valence-electron chi connectivity index (χ3n) is 2.89. The molecular formula is C10H19NO2. The average Bonchev–Trinajstić information content (AvgIpc) is 2.04. The molecule has 3 heteroatoms. The summed E-state index contributed by atoms with van der Waals surface area (Å²) < 4.78 is 0. The first-order valence-electron chi connectivity index (χ1n) is 5.05. The second kappa shape index (κ2) is 4.61. The average molecular weight is 185 g/mol. The molecule has 0 atom stereocenters. The SMILES string of the molecule is CC1(CNCC(=O)O)CCCCC1. The predicted molar refractivity (Wildman–Crippen MR) is 51.7 cm³/mol. The van der Waals surface area contributed by atoms with Gasteiger partial charge in [-0.05, 0) is 18.3 Å². The summed E-state index contributed by atoms with van der Waals surface area (Å²) in [4.78, 5) is 10.3. The van der Waals surface area contributed by atoms with Crippen molar-refractivity contribution in [3.8, 4) is 0 Å². The highest BCUT2D eigenvalue weighted by Crippen LogP contribution is 2.34. The van der Waals surface area contributed by atoms with Crippen LogP contribution in [0.25, 0.3) is 0 Å².